The molecule has 2 saturated heterocycles. The lowest BCUT2D eigenvalue weighted by molar-refractivity contribution is 0.0289. The van der Waals surface area contributed by atoms with Crippen molar-refractivity contribution in [1.29, 1.82) is 0 Å². The Balaban J connectivity index is 1.76. The van der Waals surface area contributed by atoms with Gasteiger partial charge in [-0.2, -0.15) is 0 Å². The Hall–Kier alpha value is -0.810. The van der Waals surface area contributed by atoms with Gasteiger partial charge in [0.2, 0.25) is 0 Å². The van der Waals surface area contributed by atoms with Gasteiger partial charge in [0.1, 0.15) is 5.60 Å². The van der Waals surface area contributed by atoms with Gasteiger partial charge in [-0.15, -0.1) is 0 Å². The number of amides is 1. The second kappa shape index (κ2) is 6.31. The molecule has 2 unspecified atom stereocenters. The lowest BCUT2D eigenvalue weighted by Gasteiger charge is -2.32. The normalized spacial score (nSPS) is 28.7. The van der Waals surface area contributed by atoms with Crippen molar-refractivity contribution in [3.63, 3.8) is 0 Å². The number of carbonyl (C=O) groups is 1. The van der Waals surface area contributed by atoms with Gasteiger partial charge in [0.25, 0.3) is 0 Å². The van der Waals surface area contributed by atoms with Crippen molar-refractivity contribution < 1.29 is 9.53 Å². The van der Waals surface area contributed by atoms with Crippen LogP contribution in [0.5, 0.6) is 0 Å². The van der Waals surface area contributed by atoms with E-state index in [0.717, 1.165) is 26.1 Å². The third kappa shape index (κ3) is 4.63. The number of nitrogens with zero attached hydrogens (tertiary/aromatic N) is 2. The van der Waals surface area contributed by atoms with Crippen LogP contribution in [0.2, 0.25) is 0 Å². The molecular formula is C15H29N3O2. The summed E-state index contributed by atoms with van der Waals surface area (Å²) >= 11 is 0. The molecule has 2 aliphatic rings. The topological polar surface area (TPSA) is 44.8 Å². The van der Waals surface area contributed by atoms with Crippen molar-refractivity contribution >= 4 is 6.09 Å². The van der Waals surface area contributed by atoms with E-state index in [4.69, 9.17) is 4.74 Å². The Morgan fingerprint density at radius 3 is 2.50 bits per heavy atom. The molecule has 0 aromatic heterocycles. The molecule has 5 nitrogen and oxygen atoms in total. The summed E-state index contributed by atoms with van der Waals surface area (Å²) in [5.41, 5.74) is -0.408. The molecule has 0 aliphatic carbocycles. The first kappa shape index (κ1) is 15.6. The molecule has 2 fully saturated rings. The lowest BCUT2D eigenvalue weighted by atomic mass is 10.1. The molecule has 2 atom stereocenters. The molecule has 5 heteroatoms. The first-order valence-corrected chi connectivity index (χ1v) is 7.76. The van der Waals surface area contributed by atoms with E-state index in [1.54, 1.807) is 0 Å². The monoisotopic (exact) mass is 283 g/mol. The van der Waals surface area contributed by atoms with Gasteiger partial charge in [-0.25, -0.2) is 4.79 Å². The maximum absolute atomic E-state index is 12.0. The quantitative estimate of drug-likeness (QED) is 0.837. The number of hydrogen-bond donors (Lipinski definition) is 1. The highest BCUT2D eigenvalue weighted by molar-refractivity contribution is 5.68. The van der Waals surface area contributed by atoms with Crippen LogP contribution in [-0.2, 0) is 4.74 Å². The van der Waals surface area contributed by atoms with Crippen LogP contribution >= 0.6 is 0 Å². The zero-order valence-electron chi connectivity index (χ0n) is 13.3. The fraction of sp³-hybridized carbons (Fsp3) is 0.933. The third-order valence-corrected chi connectivity index (χ3v) is 3.94. The summed E-state index contributed by atoms with van der Waals surface area (Å²) in [7, 11) is 2.18. The Kier molecular flexibility index (Phi) is 4.91. The summed E-state index contributed by atoms with van der Waals surface area (Å²) in [6.07, 6.45) is 3.35. The van der Waals surface area contributed by atoms with Crippen molar-refractivity contribution in [2.45, 2.75) is 57.7 Å². The van der Waals surface area contributed by atoms with Gasteiger partial charge in [-0.3, -0.25) is 0 Å². The van der Waals surface area contributed by atoms with Crippen molar-refractivity contribution in [3.8, 4) is 0 Å². The number of hydrogen-bond acceptors (Lipinski definition) is 4. The summed E-state index contributed by atoms with van der Waals surface area (Å²) in [4.78, 5) is 16.2. The van der Waals surface area contributed by atoms with Gasteiger partial charge in [-0.05, 0) is 53.6 Å². The van der Waals surface area contributed by atoms with E-state index in [2.05, 4.69) is 17.3 Å². The Morgan fingerprint density at radius 2 is 1.85 bits per heavy atom. The predicted octanol–water partition coefficient (Wildman–Crippen LogP) is 1.68. The molecule has 2 rings (SSSR count). The molecule has 0 aromatic carbocycles. The predicted molar refractivity (Wildman–Crippen MR) is 79.9 cm³/mol. The molecule has 116 valence electrons. The minimum Gasteiger partial charge on any atom is -0.444 e. The van der Waals surface area contributed by atoms with E-state index in [-0.39, 0.29) is 6.09 Å². The Labute approximate surface area is 122 Å². The fourth-order valence-electron chi connectivity index (χ4n) is 3.02. The number of piperidine rings is 1. The molecule has 2 aliphatic heterocycles. The standard InChI is InChI=1S/C15H29N3O2/c1-15(2,3)20-14(19)18-9-7-13(11-18)16-12-6-5-8-17(4)10-12/h12-13,16H,5-11H2,1-4H3. The van der Waals surface area contributed by atoms with Crippen molar-refractivity contribution in [2.75, 3.05) is 33.2 Å². The number of likely N-dealkylation sites (tertiary alicyclic amines) is 2. The molecule has 1 amide bonds. The van der Waals surface area contributed by atoms with Crippen LogP contribution < -0.4 is 5.32 Å². The van der Waals surface area contributed by atoms with Crippen LogP contribution in [0.15, 0.2) is 0 Å². The molecule has 0 aromatic rings. The molecule has 0 spiro atoms. The highest BCUT2D eigenvalue weighted by Crippen LogP contribution is 2.17. The van der Waals surface area contributed by atoms with E-state index >= 15 is 0 Å². The van der Waals surface area contributed by atoms with Crippen LogP contribution in [0.4, 0.5) is 4.79 Å². The van der Waals surface area contributed by atoms with E-state index in [9.17, 15) is 4.79 Å². The molecule has 2 heterocycles. The number of likely N-dealkylation sites (N-methyl/N-ethyl adjacent to an activating group) is 1. The van der Waals surface area contributed by atoms with Gasteiger partial charge in [-0.1, -0.05) is 0 Å². The maximum Gasteiger partial charge on any atom is 0.410 e. The summed E-state index contributed by atoms with van der Waals surface area (Å²) < 4.78 is 5.43. The van der Waals surface area contributed by atoms with Gasteiger partial charge in [0, 0.05) is 31.7 Å². The van der Waals surface area contributed by atoms with Crippen LogP contribution in [0.1, 0.15) is 40.0 Å². The molecule has 0 bridgehead atoms. The summed E-state index contributed by atoms with van der Waals surface area (Å²) in [5.74, 6) is 0. The fourth-order valence-corrected chi connectivity index (χ4v) is 3.02. The smallest absolute Gasteiger partial charge is 0.410 e. The molecular weight excluding hydrogens is 254 g/mol. The van der Waals surface area contributed by atoms with Crippen LogP contribution in [-0.4, -0.2) is 66.8 Å². The minimum atomic E-state index is -0.408. The van der Waals surface area contributed by atoms with Crippen LogP contribution in [0, 0.1) is 0 Å². The zero-order chi connectivity index (χ0) is 14.8. The molecule has 20 heavy (non-hydrogen) atoms. The van der Waals surface area contributed by atoms with Crippen molar-refractivity contribution in [2.24, 2.45) is 0 Å². The summed E-state index contributed by atoms with van der Waals surface area (Å²) in [6, 6.07) is 0.983. The van der Waals surface area contributed by atoms with Gasteiger partial charge < -0.3 is 19.9 Å². The third-order valence-electron chi connectivity index (χ3n) is 3.94. The number of rotatable bonds is 2. The minimum absolute atomic E-state index is 0.178. The number of carbonyl (C=O) groups excluding carboxylic acids is 1. The average molecular weight is 283 g/mol. The largest absolute Gasteiger partial charge is 0.444 e. The second-order valence-electron chi connectivity index (χ2n) is 7.18. The Morgan fingerprint density at radius 1 is 1.15 bits per heavy atom. The SMILES string of the molecule is CN1CCCC(NC2CCN(C(=O)OC(C)(C)C)C2)C1. The van der Waals surface area contributed by atoms with Crippen molar-refractivity contribution in [1.82, 2.24) is 15.1 Å². The summed E-state index contributed by atoms with van der Waals surface area (Å²) in [5, 5.41) is 3.70. The van der Waals surface area contributed by atoms with E-state index in [1.807, 2.05) is 25.7 Å². The Bertz CT molecular complexity index is 341. The molecule has 1 N–H and O–H groups in total. The lowest BCUT2D eigenvalue weighted by Crippen LogP contribution is -2.49. The van der Waals surface area contributed by atoms with E-state index in [0.29, 0.717) is 12.1 Å². The number of nitrogens with one attached hydrogen (secondary N) is 1. The highest BCUT2D eigenvalue weighted by atomic mass is 16.6. The molecule has 0 saturated carbocycles. The summed E-state index contributed by atoms with van der Waals surface area (Å²) in [6.45, 7) is 9.62. The first-order valence-electron chi connectivity index (χ1n) is 7.76. The average Bonchev–Trinajstić information content (AvgIpc) is 2.75. The zero-order valence-corrected chi connectivity index (χ0v) is 13.3. The van der Waals surface area contributed by atoms with Crippen molar-refractivity contribution in [3.05, 3.63) is 0 Å². The number of ether oxygens (including phenoxy) is 1. The van der Waals surface area contributed by atoms with Crippen LogP contribution in [0.3, 0.4) is 0 Å². The van der Waals surface area contributed by atoms with E-state index < -0.39 is 5.60 Å². The van der Waals surface area contributed by atoms with Crippen LogP contribution in [0.25, 0.3) is 0 Å². The molecule has 0 radical (unpaired) electrons. The maximum atomic E-state index is 12.0. The van der Waals surface area contributed by atoms with Gasteiger partial charge in [0.15, 0.2) is 0 Å². The van der Waals surface area contributed by atoms with E-state index in [1.165, 1.54) is 19.4 Å². The first-order chi connectivity index (χ1) is 9.33. The highest BCUT2D eigenvalue weighted by Gasteiger charge is 2.31. The van der Waals surface area contributed by atoms with Gasteiger partial charge >= 0.3 is 6.09 Å². The second-order valence-corrected chi connectivity index (χ2v) is 7.18. The van der Waals surface area contributed by atoms with Gasteiger partial charge in [0.05, 0.1) is 0 Å².